The molecule has 0 aromatic heterocycles. The van der Waals surface area contributed by atoms with Crippen molar-refractivity contribution < 1.29 is 13.2 Å². The molecule has 0 amide bonds. The summed E-state index contributed by atoms with van der Waals surface area (Å²) in [4.78, 5) is 0. The van der Waals surface area contributed by atoms with Gasteiger partial charge in [-0.25, -0.2) is 0 Å². The van der Waals surface area contributed by atoms with Crippen LogP contribution in [0.2, 0.25) is 0 Å². The van der Waals surface area contributed by atoms with Crippen molar-refractivity contribution in [2.45, 2.75) is 32.9 Å². The summed E-state index contributed by atoms with van der Waals surface area (Å²) < 4.78 is 34.9. The summed E-state index contributed by atoms with van der Waals surface area (Å²) in [5.41, 5.74) is 1.95. The van der Waals surface area contributed by atoms with E-state index in [9.17, 15) is 8.42 Å². The molecule has 1 aliphatic rings. The van der Waals surface area contributed by atoms with Crippen LogP contribution in [0.1, 0.15) is 25.0 Å². The molecule has 19 heavy (non-hydrogen) atoms. The van der Waals surface area contributed by atoms with Crippen molar-refractivity contribution in [1.82, 2.24) is 9.44 Å². The third kappa shape index (κ3) is 3.92. The van der Waals surface area contributed by atoms with Gasteiger partial charge in [-0.3, -0.25) is 0 Å². The molecule has 1 aromatic rings. The van der Waals surface area contributed by atoms with E-state index in [-0.39, 0.29) is 12.6 Å². The molecule has 0 atom stereocenters. The first-order valence-corrected chi connectivity index (χ1v) is 8.36. The molecule has 5 nitrogen and oxygen atoms in total. The summed E-state index contributed by atoms with van der Waals surface area (Å²) in [5, 5.41) is 0. The lowest BCUT2D eigenvalue weighted by Gasteiger charge is -2.13. The van der Waals surface area contributed by atoms with Gasteiger partial charge < -0.3 is 4.74 Å². The van der Waals surface area contributed by atoms with Gasteiger partial charge in [0.2, 0.25) is 0 Å². The quantitative estimate of drug-likeness (QED) is 0.851. The summed E-state index contributed by atoms with van der Waals surface area (Å²) in [5.74, 6) is 0.801. The maximum Gasteiger partial charge on any atom is 0.277 e. The van der Waals surface area contributed by atoms with E-state index in [1.54, 1.807) is 13.8 Å². The fourth-order valence-corrected chi connectivity index (χ4v) is 3.60. The Labute approximate surface area is 122 Å². The van der Waals surface area contributed by atoms with Crippen molar-refractivity contribution in [1.29, 1.82) is 0 Å². The standard InChI is InChI=1S/C12H17BrN2O3S/c1-8(2)15-19(16,17)14-7-10-6-11(13)5-9-3-4-18-12(9)10/h5-6,8,14-15H,3-4,7H2,1-2H3. The van der Waals surface area contributed by atoms with Crippen LogP contribution < -0.4 is 14.2 Å². The SMILES string of the molecule is CC(C)NS(=O)(=O)NCc1cc(Br)cc2c1OCC2. The van der Waals surface area contributed by atoms with E-state index >= 15 is 0 Å². The predicted molar refractivity (Wildman–Crippen MR) is 77.4 cm³/mol. The van der Waals surface area contributed by atoms with Crippen LogP contribution in [0.25, 0.3) is 0 Å². The Morgan fingerprint density at radius 1 is 1.42 bits per heavy atom. The summed E-state index contributed by atoms with van der Waals surface area (Å²) in [6, 6.07) is 3.75. The van der Waals surface area contributed by atoms with Crippen LogP contribution in [0.4, 0.5) is 0 Å². The first-order chi connectivity index (χ1) is 8.87. The van der Waals surface area contributed by atoms with Crippen LogP contribution in [0, 0.1) is 0 Å². The molecule has 0 fully saturated rings. The Kier molecular flexibility index (Phi) is 4.50. The number of nitrogens with one attached hydrogen (secondary N) is 2. The van der Waals surface area contributed by atoms with Crippen molar-refractivity contribution in [3.05, 3.63) is 27.7 Å². The zero-order chi connectivity index (χ0) is 14.0. The van der Waals surface area contributed by atoms with E-state index in [1.807, 2.05) is 12.1 Å². The van der Waals surface area contributed by atoms with E-state index in [0.717, 1.165) is 27.8 Å². The van der Waals surface area contributed by atoms with Gasteiger partial charge in [-0.2, -0.15) is 17.9 Å². The summed E-state index contributed by atoms with van der Waals surface area (Å²) >= 11 is 3.43. The van der Waals surface area contributed by atoms with Gasteiger partial charge in [0.1, 0.15) is 5.75 Å². The highest BCUT2D eigenvalue weighted by molar-refractivity contribution is 9.10. The lowest BCUT2D eigenvalue weighted by atomic mass is 10.1. The topological polar surface area (TPSA) is 67.4 Å². The smallest absolute Gasteiger partial charge is 0.277 e. The molecular formula is C12H17BrN2O3S. The fourth-order valence-electron chi connectivity index (χ4n) is 2.00. The molecular weight excluding hydrogens is 332 g/mol. The maximum absolute atomic E-state index is 11.7. The normalized spacial score (nSPS) is 14.5. The first kappa shape index (κ1) is 14.8. The van der Waals surface area contributed by atoms with Crippen LogP contribution >= 0.6 is 15.9 Å². The minimum absolute atomic E-state index is 0.137. The molecule has 0 aliphatic carbocycles. The van der Waals surface area contributed by atoms with Gasteiger partial charge in [0, 0.05) is 29.0 Å². The molecule has 7 heteroatoms. The van der Waals surface area contributed by atoms with Crippen LogP contribution in [-0.2, 0) is 23.2 Å². The van der Waals surface area contributed by atoms with Crippen molar-refractivity contribution in [2.75, 3.05) is 6.61 Å². The number of rotatable bonds is 5. The first-order valence-electron chi connectivity index (χ1n) is 6.08. The predicted octanol–water partition coefficient (Wildman–Crippen LogP) is 1.72. The highest BCUT2D eigenvalue weighted by Crippen LogP contribution is 2.32. The summed E-state index contributed by atoms with van der Waals surface area (Å²) in [7, 11) is -3.48. The Balaban J connectivity index is 2.12. The highest BCUT2D eigenvalue weighted by Gasteiger charge is 2.19. The summed E-state index contributed by atoms with van der Waals surface area (Å²) in [6.45, 7) is 4.41. The number of benzene rings is 1. The maximum atomic E-state index is 11.7. The Bertz CT molecular complexity index is 573. The van der Waals surface area contributed by atoms with Crippen LogP contribution in [0.5, 0.6) is 5.75 Å². The van der Waals surface area contributed by atoms with Crippen LogP contribution in [0.3, 0.4) is 0 Å². The van der Waals surface area contributed by atoms with Gasteiger partial charge in [0.25, 0.3) is 10.2 Å². The zero-order valence-corrected chi connectivity index (χ0v) is 13.3. The molecule has 0 spiro atoms. The van der Waals surface area contributed by atoms with E-state index in [0.29, 0.717) is 6.61 Å². The lowest BCUT2D eigenvalue weighted by molar-refractivity contribution is 0.353. The Morgan fingerprint density at radius 2 is 2.16 bits per heavy atom. The largest absolute Gasteiger partial charge is 0.493 e. The molecule has 0 saturated heterocycles. The third-order valence-electron chi connectivity index (χ3n) is 2.67. The minimum atomic E-state index is -3.48. The molecule has 106 valence electrons. The molecule has 2 rings (SSSR count). The van der Waals surface area contributed by atoms with Gasteiger partial charge in [-0.15, -0.1) is 0 Å². The second-order valence-corrected chi connectivity index (χ2v) is 7.20. The van der Waals surface area contributed by atoms with Crippen molar-refractivity contribution in [3.8, 4) is 5.75 Å². The van der Waals surface area contributed by atoms with Gasteiger partial charge in [-0.05, 0) is 31.5 Å². The monoisotopic (exact) mass is 348 g/mol. The average Bonchev–Trinajstić information content (AvgIpc) is 2.71. The highest BCUT2D eigenvalue weighted by atomic mass is 79.9. The molecule has 0 bridgehead atoms. The molecule has 0 radical (unpaired) electrons. The van der Waals surface area contributed by atoms with E-state index in [2.05, 4.69) is 25.4 Å². The minimum Gasteiger partial charge on any atom is -0.493 e. The van der Waals surface area contributed by atoms with E-state index < -0.39 is 10.2 Å². The molecule has 1 aromatic carbocycles. The average molecular weight is 349 g/mol. The van der Waals surface area contributed by atoms with Crippen molar-refractivity contribution in [2.24, 2.45) is 0 Å². The second kappa shape index (κ2) is 5.78. The lowest BCUT2D eigenvalue weighted by Crippen LogP contribution is -2.39. The van der Waals surface area contributed by atoms with Gasteiger partial charge in [0.15, 0.2) is 0 Å². The van der Waals surface area contributed by atoms with E-state index in [4.69, 9.17) is 4.74 Å². The Morgan fingerprint density at radius 3 is 2.84 bits per heavy atom. The molecule has 2 N–H and O–H groups in total. The summed E-state index contributed by atoms with van der Waals surface area (Å²) in [6.07, 6.45) is 0.860. The van der Waals surface area contributed by atoms with Gasteiger partial charge in [0.05, 0.1) is 6.61 Å². The number of hydrogen-bond donors (Lipinski definition) is 2. The molecule has 0 saturated carbocycles. The second-order valence-electron chi connectivity index (χ2n) is 4.75. The van der Waals surface area contributed by atoms with Crippen molar-refractivity contribution in [3.63, 3.8) is 0 Å². The zero-order valence-electron chi connectivity index (χ0n) is 10.9. The van der Waals surface area contributed by atoms with Crippen LogP contribution in [0.15, 0.2) is 16.6 Å². The molecule has 1 aliphatic heterocycles. The van der Waals surface area contributed by atoms with Gasteiger partial charge in [-0.1, -0.05) is 15.9 Å². The van der Waals surface area contributed by atoms with Gasteiger partial charge >= 0.3 is 0 Å². The fraction of sp³-hybridized carbons (Fsp3) is 0.500. The van der Waals surface area contributed by atoms with Crippen LogP contribution in [-0.4, -0.2) is 21.1 Å². The number of hydrogen-bond acceptors (Lipinski definition) is 3. The van der Waals surface area contributed by atoms with Crippen molar-refractivity contribution >= 4 is 26.1 Å². The molecule has 1 heterocycles. The number of ether oxygens (including phenoxy) is 1. The number of fused-ring (bicyclic) bond motifs is 1. The van der Waals surface area contributed by atoms with E-state index in [1.165, 1.54) is 0 Å². The third-order valence-corrected chi connectivity index (χ3v) is 4.43. The number of halogens is 1. The molecule has 0 unspecified atom stereocenters. The Hall–Kier alpha value is -0.630.